The summed E-state index contributed by atoms with van der Waals surface area (Å²) >= 11 is 0. The molecule has 0 fully saturated rings. The van der Waals surface area contributed by atoms with Crippen molar-refractivity contribution in [1.29, 1.82) is 0 Å². The number of ether oxygens (including phenoxy) is 1. The molecule has 3 atom stereocenters. The first-order valence-corrected chi connectivity index (χ1v) is 7.31. The molecule has 0 spiro atoms. The SMILES string of the molecule is CCCCCCCCOC(=O)C(=O)[C@@H](O)[C@H](O)[C@@H](O)CO. The maximum absolute atomic E-state index is 11.4. The van der Waals surface area contributed by atoms with Crippen LogP contribution in [0.3, 0.4) is 0 Å². The molecular weight excluding hydrogens is 280 g/mol. The van der Waals surface area contributed by atoms with E-state index in [4.69, 9.17) is 14.9 Å². The smallest absolute Gasteiger partial charge is 0.377 e. The van der Waals surface area contributed by atoms with Gasteiger partial charge in [-0.3, -0.25) is 4.79 Å². The summed E-state index contributed by atoms with van der Waals surface area (Å²) in [6.07, 6.45) is 0.232. The largest absolute Gasteiger partial charge is 0.460 e. The quantitative estimate of drug-likeness (QED) is 0.218. The van der Waals surface area contributed by atoms with Crippen LogP contribution in [0.2, 0.25) is 0 Å². The molecule has 0 radical (unpaired) electrons. The summed E-state index contributed by atoms with van der Waals surface area (Å²) in [7, 11) is 0. The Morgan fingerprint density at radius 2 is 1.57 bits per heavy atom. The molecule has 0 heterocycles. The summed E-state index contributed by atoms with van der Waals surface area (Å²) in [5.41, 5.74) is 0. The molecule has 7 nitrogen and oxygen atoms in total. The van der Waals surface area contributed by atoms with Gasteiger partial charge in [0.25, 0.3) is 5.78 Å². The van der Waals surface area contributed by atoms with Crippen molar-refractivity contribution in [2.45, 2.75) is 63.8 Å². The Balaban J connectivity index is 3.92. The van der Waals surface area contributed by atoms with E-state index in [0.717, 1.165) is 32.1 Å². The van der Waals surface area contributed by atoms with Crippen LogP contribution in [0.15, 0.2) is 0 Å². The van der Waals surface area contributed by atoms with Crippen LogP contribution in [0.25, 0.3) is 0 Å². The molecular formula is C14H26O7. The lowest BCUT2D eigenvalue weighted by atomic mass is 10.0. The third-order valence-corrected chi connectivity index (χ3v) is 3.11. The van der Waals surface area contributed by atoms with Crippen LogP contribution in [0, 0.1) is 0 Å². The Bertz CT molecular complexity index is 306. The van der Waals surface area contributed by atoms with Gasteiger partial charge in [-0.1, -0.05) is 39.0 Å². The van der Waals surface area contributed by atoms with E-state index in [-0.39, 0.29) is 6.61 Å². The van der Waals surface area contributed by atoms with Gasteiger partial charge in [0.05, 0.1) is 13.2 Å². The number of carbonyl (C=O) groups excluding carboxylic acids is 2. The van der Waals surface area contributed by atoms with Gasteiger partial charge in [-0.25, -0.2) is 4.79 Å². The second-order valence-corrected chi connectivity index (χ2v) is 4.95. The van der Waals surface area contributed by atoms with Gasteiger partial charge in [-0.05, 0) is 6.42 Å². The number of ketones is 1. The van der Waals surface area contributed by atoms with Crippen molar-refractivity contribution < 1.29 is 34.8 Å². The van der Waals surface area contributed by atoms with Crippen molar-refractivity contribution in [2.24, 2.45) is 0 Å². The Hall–Kier alpha value is -1.02. The highest BCUT2D eigenvalue weighted by atomic mass is 16.5. The Labute approximate surface area is 124 Å². The first-order valence-electron chi connectivity index (χ1n) is 7.31. The van der Waals surface area contributed by atoms with Crippen LogP contribution in [-0.2, 0) is 14.3 Å². The van der Waals surface area contributed by atoms with Crippen molar-refractivity contribution in [3.8, 4) is 0 Å². The molecule has 0 aliphatic rings. The fourth-order valence-corrected chi connectivity index (χ4v) is 1.71. The highest BCUT2D eigenvalue weighted by molar-refractivity contribution is 6.35. The van der Waals surface area contributed by atoms with Gasteiger partial charge in [0.15, 0.2) is 6.10 Å². The van der Waals surface area contributed by atoms with Crippen LogP contribution >= 0.6 is 0 Å². The van der Waals surface area contributed by atoms with Gasteiger partial charge in [-0.2, -0.15) is 0 Å². The zero-order valence-electron chi connectivity index (χ0n) is 12.4. The highest BCUT2D eigenvalue weighted by Crippen LogP contribution is 2.06. The van der Waals surface area contributed by atoms with E-state index >= 15 is 0 Å². The minimum absolute atomic E-state index is 0.0715. The van der Waals surface area contributed by atoms with E-state index in [9.17, 15) is 19.8 Å². The van der Waals surface area contributed by atoms with Gasteiger partial charge < -0.3 is 25.2 Å². The van der Waals surface area contributed by atoms with Crippen LogP contribution in [0.5, 0.6) is 0 Å². The highest BCUT2D eigenvalue weighted by Gasteiger charge is 2.34. The number of hydrogen-bond donors (Lipinski definition) is 4. The number of hydrogen-bond acceptors (Lipinski definition) is 7. The average molecular weight is 306 g/mol. The molecule has 0 saturated heterocycles. The number of Topliss-reactive ketones (excluding diaryl/α,β-unsaturated/α-hetero) is 1. The van der Waals surface area contributed by atoms with Gasteiger partial charge in [0.1, 0.15) is 12.2 Å². The predicted molar refractivity (Wildman–Crippen MR) is 74.4 cm³/mol. The molecule has 0 amide bonds. The third-order valence-electron chi connectivity index (χ3n) is 3.11. The third kappa shape index (κ3) is 8.11. The topological polar surface area (TPSA) is 124 Å². The number of aliphatic hydroxyl groups excluding tert-OH is 4. The van der Waals surface area contributed by atoms with Crippen molar-refractivity contribution in [3.63, 3.8) is 0 Å². The molecule has 0 saturated carbocycles. The minimum Gasteiger partial charge on any atom is -0.460 e. The summed E-state index contributed by atoms with van der Waals surface area (Å²) in [5, 5.41) is 36.4. The second-order valence-electron chi connectivity index (χ2n) is 4.95. The molecule has 0 rings (SSSR count). The molecule has 0 bridgehead atoms. The first kappa shape index (κ1) is 20.0. The van der Waals surface area contributed by atoms with Crippen molar-refractivity contribution >= 4 is 11.8 Å². The molecule has 0 aromatic carbocycles. The standard InChI is InChI=1S/C14H26O7/c1-2-3-4-5-6-7-8-21-14(20)13(19)12(18)11(17)10(16)9-15/h10-12,15-18H,2-9H2,1H3/t10-,11+,12-/m0/s1. The van der Waals surface area contributed by atoms with Crippen molar-refractivity contribution in [2.75, 3.05) is 13.2 Å². The fourth-order valence-electron chi connectivity index (χ4n) is 1.71. The molecule has 0 aliphatic carbocycles. The van der Waals surface area contributed by atoms with E-state index in [1.807, 2.05) is 0 Å². The molecule has 0 aromatic rings. The minimum atomic E-state index is -2.11. The summed E-state index contributed by atoms with van der Waals surface area (Å²) in [6.45, 7) is 1.35. The van der Waals surface area contributed by atoms with Gasteiger partial charge >= 0.3 is 5.97 Å². The number of aliphatic hydroxyl groups is 4. The number of esters is 1. The molecule has 0 aromatic heterocycles. The number of unbranched alkanes of at least 4 members (excludes halogenated alkanes) is 5. The van der Waals surface area contributed by atoms with Gasteiger partial charge in [-0.15, -0.1) is 0 Å². The predicted octanol–water partition coefficient (Wildman–Crippen LogP) is -0.466. The zero-order valence-corrected chi connectivity index (χ0v) is 12.4. The average Bonchev–Trinajstić information content (AvgIpc) is 2.50. The van der Waals surface area contributed by atoms with Crippen molar-refractivity contribution in [3.05, 3.63) is 0 Å². The maximum Gasteiger partial charge on any atom is 0.377 e. The zero-order chi connectivity index (χ0) is 16.3. The number of rotatable bonds is 12. The molecule has 4 N–H and O–H groups in total. The lowest BCUT2D eigenvalue weighted by molar-refractivity contribution is -0.163. The summed E-state index contributed by atoms with van der Waals surface area (Å²) < 4.78 is 4.69. The summed E-state index contributed by atoms with van der Waals surface area (Å²) in [4.78, 5) is 22.8. The van der Waals surface area contributed by atoms with Crippen LogP contribution in [0.4, 0.5) is 0 Å². The molecule has 0 aliphatic heterocycles. The normalized spacial score (nSPS) is 15.3. The summed E-state index contributed by atoms with van der Waals surface area (Å²) in [6, 6.07) is 0. The van der Waals surface area contributed by atoms with Gasteiger partial charge in [0.2, 0.25) is 0 Å². The Morgan fingerprint density at radius 3 is 2.14 bits per heavy atom. The van der Waals surface area contributed by atoms with E-state index in [1.165, 1.54) is 0 Å². The number of carbonyl (C=O) groups is 2. The summed E-state index contributed by atoms with van der Waals surface area (Å²) in [5.74, 6) is -2.58. The lowest BCUT2D eigenvalue weighted by Crippen LogP contribution is -2.46. The van der Waals surface area contributed by atoms with E-state index in [1.54, 1.807) is 0 Å². The molecule has 7 heteroatoms. The Morgan fingerprint density at radius 1 is 1.00 bits per heavy atom. The van der Waals surface area contributed by atoms with E-state index < -0.39 is 36.7 Å². The molecule has 0 unspecified atom stereocenters. The first-order chi connectivity index (χ1) is 9.95. The van der Waals surface area contributed by atoms with Gasteiger partial charge in [0, 0.05) is 0 Å². The van der Waals surface area contributed by atoms with Crippen LogP contribution < -0.4 is 0 Å². The van der Waals surface area contributed by atoms with Crippen LogP contribution in [-0.4, -0.2) is 63.7 Å². The van der Waals surface area contributed by atoms with E-state index in [2.05, 4.69) is 6.92 Å². The second kappa shape index (κ2) is 11.6. The molecule has 21 heavy (non-hydrogen) atoms. The van der Waals surface area contributed by atoms with E-state index in [0.29, 0.717) is 6.42 Å². The Kier molecular flexibility index (Phi) is 11.1. The van der Waals surface area contributed by atoms with Crippen LogP contribution in [0.1, 0.15) is 45.4 Å². The fraction of sp³-hybridized carbons (Fsp3) is 0.857. The monoisotopic (exact) mass is 306 g/mol. The molecule has 124 valence electrons. The maximum atomic E-state index is 11.4. The lowest BCUT2D eigenvalue weighted by Gasteiger charge is -2.19. The van der Waals surface area contributed by atoms with Crippen molar-refractivity contribution in [1.82, 2.24) is 0 Å².